The average Bonchev–Trinajstić information content (AvgIpc) is 2.26. The van der Waals surface area contributed by atoms with Crippen LogP contribution in [0.1, 0.15) is 23.6 Å². The van der Waals surface area contributed by atoms with Gasteiger partial charge in [0.15, 0.2) is 0 Å². The van der Waals surface area contributed by atoms with Crippen LogP contribution in [0.2, 0.25) is 0 Å². The second kappa shape index (κ2) is 5.28. The quantitative estimate of drug-likeness (QED) is 0.869. The molecule has 1 aromatic carbocycles. The molecule has 1 aliphatic rings. The number of hydrogen-bond acceptors (Lipinski definition) is 2. The fourth-order valence-corrected chi connectivity index (χ4v) is 2.19. The van der Waals surface area contributed by atoms with Crippen molar-refractivity contribution in [3.8, 4) is 0 Å². The number of benzene rings is 1. The maximum Gasteiger partial charge on any atom is 0.401 e. The van der Waals surface area contributed by atoms with E-state index in [1.165, 1.54) is 11.1 Å². The number of fused-ring (bicyclic) bond motifs is 1. The number of nitrogens with one attached hydrogen (secondary N) is 2. The van der Waals surface area contributed by atoms with Crippen molar-refractivity contribution in [2.24, 2.45) is 0 Å². The molecular formula is C13H17F3N2. The Balaban J connectivity index is 1.96. The van der Waals surface area contributed by atoms with Gasteiger partial charge < -0.3 is 10.6 Å². The smallest absolute Gasteiger partial charge is 0.310 e. The van der Waals surface area contributed by atoms with Gasteiger partial charge in [0.25, 0.3) is 0 Å². The summed E-state index contributed by atoms with van der Waals surface area (Å²) < 4.78 is 36.0. The Morgan fingerprint density at radius 2 is 2.11 bits per heavy atom. The van der Waals surface area contributed by atoms with Gasteiger partial charge in [-0.15, -0.1) is 0 Å². The lowest BCUT2D eigenvalue weighted by Crippen LogP contribution is -2.33. The Hall–Kier alpha value is -1.07. The van der Waals surface area contributed by atoms with E-state index in [9.17, 15) is 13.2 Å². The van der Waals surface area contributed by atoms with Crippen LogP contribution in [0.4, 0.5) is 13.2 Å². The molecule has 0 amide bonds. The zero-order valence-corrected chi connectivity index (χ0v) is 10.3. The van der Waals surface area contributed by atoms with Gasteiger partial charge in [0.2, 0.25) is 0 Å². The minimum atomic E-state index is -4.15. The molecule has 2 N–H and O–H groups in total. The van der Waals surface area contributed by atoms with E-state index in [4.69, 9.17) is 0 Å². The molecule has 1 aliphatic heterocycles. The molecule has 18 heavy (non-hydrogen) atoms. The van der Waals surface area contributed by atoms with Gasteiger partial charge in [0, 0.05) is 19.1 Å². The second-order valence-electron chi connectivity index (χ2n) is 4.81. The Labute approximate surface area is 105 Å². The molecule has 0 radical (unpaired) electrons. The van der Waals surface area contributed by atoms with Crippen LogP contribution in [0.25, 0.3) is 0 Å². The normalized spacial score (nSPS) is 19.7. The van der Waals surface area contributed by atoms with Crippen molar-refractivity contribution in [3.05, 3.63) is 34.9 Å². The van der Waals surface area contributed by atoms with Gasteiger partial charge in [-0.2, -0.15) is 13.2 Å². The van der Waals surface area contributed by atoms with E-state index in [0.29, 0.717) is 6.04 Å². The molecule has 5 heteroatoms. The van der Waals surface area contributed by atoms with Gasteiger partial charge >= 0.3 is 6.18 Å². The fraction of sp³-hybridized carbons (Fsp3) is 0.538. The van der Waals surface area contributed by atoms with Crippen LogP contribution < -0.4 is 10.6 Å². The van der Waals surface area contributed by atoms with Crippen LogP contribution in [-0.2, 0) is 19.5 Å². The molecule has 0 spiro atoms. The van der Waals surface area contributed by atoms with Crippen molar-refractivity contribution >= 4 is 0 Å². The van der Waals surface area contributed by atoms with Crippen molar-refractivity contribution < 1.29 is 13.2 Å². The lowest BCUT2D eigenvalue weighted by molar-refractivity contribution is -0.125. The third-order valence-corrected chi connectivity index (χ3v) is 3.09. The maximum absolute atomic E-state index is 12.0. The Morgan fingerprint density at radius 1 is 1.33 bits per heavy atom. The standard InChI is InChI=1S/C13H17F3N2/c1-9-4-12-5-10(2-3-11(12)7-18-9)6-17-8-13(14,15)16/h2-3,5,9,17-18H,4,6-8H2,1H3. The lowest BCUT2D eigenvalue weighted by Gasteiger charge is -2.23. The summed E-state index contributed by atoms with van der Waals surface area (Å²) in [5.74, 6) is 0. The topological polar surface area (TPSA) is 24.1 Å². The van der Waals surface area contributed by atoms with Gasteiger partial charge in [-0.05, 0) is 30.0 Å². The summed E-state index contributed by atoms with van der Waals surface area (Å²) in [5.41, 5.74) is 3.40. The van der Waals surface area contributed by atoms with Gasteiger partial charge in [0.1, 0.15) is 0 Å². The summed E-state index contributed by atoms with van der Waals surface area (Å²) in [6, 6.07) is 6.32. The van der Waals surface area contributed by atoms with Crippen molar-refractivity contribution in [2.45, 2.75) is 38.7 Å². The number of halogens is 3. The molecule has 1 atom stereocenters. The number of hydrogen-bond donors (Lipinski definition) is 2. The third-order valence-electron chi connectivity index (χ3n) is 3.09. The first-order valence-corrected chi connectivity index (χ1v) is 6.05. The second-order valence-corrected chi connectivity index (χ2v) is 4.81. The molecule has 0 saturated heterocycles. The number of alkyl halides is 3. The van der Waals surface area contributed by atoms with Crippen LogP contribution in [0.5, 0.6) is 0 Å². The van der Waals surface area contributed by atoms with E-state index in [0.717, 1.165) is 18.5 Å². The summed E-state index contributed by atoms with van der Waals surface area (Å²) in [6.07, 6.45) is -3.21. The summed E-state index contributed by atoms with van der Waals surface area (Å²) >= 11 is 0. The third kappa shape index (κ3) is 3.71. The van der Waals surface area contributed by atoms with Crippen LogP contribution in [-0.4, -0.2) is 18.8 Å². The van der Waals surface area contributed by atoms with Gasteiger partial charge in [-0.3, -0.25) is 0 Å². The SMILES string of the molecule is CC1Cc2cc(CNCC(F)(F)F)ccc2CN1. The summed E-state index contributed by atoms with van der Waals surface area (Å²) in [4.78, 5) is 0. The van der Waals surface area contributed by atoms with E-state index in [2.05, 4.69) is 17.6 Å². The van der Waals surface area contributed by atoms with Crippen molar-refractivity contribution in [1.29, 1.82) is 0 Å². The maximum atomic E-state index is 12.0. The largest absolute Gasteiger partial charge is 0.401 e. The molecular weight excluding hydrogens is 241 g/mol. The lowest BCUT2D eigenvalue weighted by atomic mass is 9.95. The first-order valence-electron chi connectivity index (χ1n) is 6.05. The predicted octanol–water partition coefficient (Wildman–Crippen LogP) is 2.37. The highest BCUT2D eigenvalue weighted by atomic mass is 19.4. The summed E-state index contributed by atoms with van der Waals surface area (Å²) in [6.45, 7) is 2.26. The molecule has 0 saturated carbocycles. The van der Waals surface area contributed by atoms with E-state index in [1.807, 2.05) is 18.2 Å². The molecule has 0 aliphatic carbocycles. The highest BCUT2D eigenvalue weighted by Gasteiger charge is 2.26. The van der Waals surface area contributed by atoms with E-state index in [1.54, 1.807) is 0 Å². The first-order chi connectivity index (χ1) is 8.44. The zero-order valence-electron chi connectivity index (χ0n) is 10.3. The average molecular weight is 258 g/mol. The molecule has 1 heterocycles. The van der Waals surface area contributed by atoms with Gasteiger partial charge in [-0.1, -0.05) is 18.2 Å². The molecule has 0 aromatic heterocycles. The summed E-state index contributed by atoms with van der Waals surface area (Å²) in [7, 11) is 0. The minimum Gasteiger partial charge on any atom is -0.310 e. The van der Waals surface area contributed by atoms with E-state index < -0.39 is 12.7 Å². The monoisotopic (exact) mass is 258 g/mol. The minimum absolute atomic E-state index is 0.259. The Kier molecular flexibility index (Phi) is 3.92. The van der Waals surface area contributed by atoms with E-state index in [-0.39, 0.29) is 6.54 Å². The van der Waals surface area contributed by atoms with Crippen LogP contribution in [0.3, 0.4) is 0 Å². The number of rotatable bonds is 3. The molecule has 0 bridgehead atoms. The van der Waals surface area contributed by atoms with Crippen molar-refractivity contribution in [1.82, 2.24) is 10.6 Å². The molecule has 1 unspecified atom stereocenters. The Bertz CT molecular complexity index is 415. The highest BCUT2D eigenvalue weighted by Crippen LogP contribution is 2.19. The molecule has 2 rings (SSSR count). The predicted molar refractivity (Wildman–Crippen MR) is 64.2 cm³/mol. The molecule has 2 nitrogen and oxygen atoms in total. The zero-order chi connectivity index (χ0) is 13.2. The van der Waals surface area contributed by atoms with E-state index >= 15 is 0 Å². The molecule has 0 fully saturated rings. The highest BCUT2D eigenvalue weighted by molar-refractivity contribution is 5.34. The van der Waals surface area contributed by atoms with Crippen LogP contribution in [0.15, 0.2) is 18.2 Å². The fourth-order valence-electron chi connectivity index (χ4n) is 2.19. The van der Waals surface area contributed by atoms with Gasteiger partial charge in [0.05, 0.1) is 6.54 Å². The van der Waals surface area contributed by atoms with Gasteiger partial charge in [-0.25, -0.2) is 0 Å². The van der Waals surface area contributed by atoms with Crippen molar-refractivity contribution in [3.63, 3.8) is 0 Å². The molecule has 1 aromatic rings. The van der Waals surface area contributed by atoms with Crippen LogP contribution in [0, 0.1) is 0 Å². The first kappa shape index (κ1) is 13.4. The molecule has 100 valence electrons. The van der Waals surface area contributed by atoms with Crippen molar-refractivity contribution in [2.75, 3.05) is 6.54 Å². The Morgan fingerprint density at radius 3 is 2.83 bits per heavy atom. The van der Waals surface area contributed by atoms with Crippen LogP contribution >= 0.6 is 0 Å². The summed E-state index contributed by atoms with van der Waals surface area (Å²) in [5, 5.41) is 5.78.